The lowest BCUT2D eigenvalue weighted by molar-refractivity contribution is -0.141. The van der Waals surface area contributed by atoms with Crippen LogP contribution in [0.4, 0.5) is 35.0 Å². The fourth-order valence-corrected chi connectivity index (χ4v) is 1.94. The van der Waals surface area contributed by atoms with Crippen molar-refractivity contribution in [3.63, 3.8) is 0 Å². The number of halogens is 4. The third-order valence-corrected chi connectivity index (χ3v) is 2.93. The first-order valence-electron chi connectivity index (χ1n) is 7.33. The molecule has 0 radical (unpaired) electrons. The van der Waals surface area contributed by atoms with Crippen molar-refractivity contribution in [3.8, 4) is 5.75 Å². The highest BCUT2D eigenvalue weighted by atomic mass is 19.4. The van der Waals surface area contributed by atoms with E-state index in [1.54, 1.807) is 20.8 Å². The minimum absolute atomic E-state index is 0.0271. The summed E-state index contributed by atoms with van der Waals surface area (Å²) in [6.07, 6.45) is -4.64. The van der Waals surface area contributed by atoms with E-state index in [2.05, 4.69) is 20.6 Å². The number of nitrogens with zero attached hydrogens (tertiary/aromatic N) is 2. The van der Waals surface area contributed by atoms with Crippen LogP contribution in [0.2, 0.25) is 0 Å². The molecule has 0 saturated carbocycles. The zero-order chi connectivity index (χ0) is 18.8. The summed E-state index contributed by atoms with van der Waals surface area (Å²) < 4.78 is 57.7. The van der Waals surface area contributed by atoms with Crippen molar-refractivity contribution in [2.75, 3.05) is 17.7 Å². The minimum Gasteiger partial charge on any atom is -0.494 e. The molecule has 0 saturated heterocycles. The summed E-state index contributed by atoms with van der Waals surface area (Å²) in [5.41, 5.74) is -1.41. The highest BCUT2D eigenvalue weighted by Crippen LogP contribution is 2.31. The highest BCUT2D eigenvalue weighted by Gasteiger charge is 2.34. The molecule has 25 heavy (non-hydrogen) atoms. The van der Waals surface area contributed by atoms with Crippen LogP contribution >= 0.6 is 0 Å². The van der Waals surface area contributed by atoms with Gasteiger partial charge < -0.3 is 15.4 Å². The molecule has 1 heterocycles. The lowest BCUT2D eigenvalue weighted by Crippen LogP contribution is -2.28. The van der Waals surface area contributed by atoms with E-state index in [4.69, 9.17) is 4.74 Å². The number of hydrogen-bond donors (Lipinski definition) is 2. The molecule has 0 aliphatic heterocycles. The number of methoxy groups -OCH3 is 1. The van der Waals surface area contributed by atoms with Crippen molar-refractivity contribution in [2.45, 2.75) is 32.5 Å². The highest BCUT2D eigenvalue weighted by molar-refractivity contribution is 5.59. The zero-order valence-corrected chi connectivity index (χ0v) is 14.1. The number of benzene rings is 1. The molecule has 9 heteroatoms. The van der Waals surface area contributed by atoms with E-state index in [1.165, 1.54) is 19.2 Å². The Morgan fingerprint density at radius 2 is 1.72 bits per heavy atom. The van der Waals surface area contributed by atoms with Gasteiger partial charge in [0, 0.05) is 23.4 Å². The second-order valence-electron chi connectivity index (χ2n) is 6.31. The van der Waals surface area contributed by atoms with Crippen molar-refractivity contribution < 1.29 is 22.3 Å². The zero-order valence-electron chi connectivity index (χ0n) is 14.1. The van der Waals surface area contributed by atoms with Gasteiger partial charge in [0.25, 0.3) is 0 Å². The predicted molar refractivity (Wildman–Crippen MR) is 86.6 cm³/mol. The SMILES string of the molecule is COc1ccc(Nc2cc(C(F)(F)F)nc(NC(C)(C)C)n2)cc1F. The van der Waals surface area contributed by atoms with Crippen LogP contribution in [-0.4, -0.2) is 22.6 Å². The normalized spacial score (nSPS) is 12.0. The smallest absolute Gasteiger partial charge is 0.433 e. The largest absolute Gasteiger partial charge is 0.494 e. The monoisotopic (exact) mass is 358 g/mol. The fraction of sp³-hybridized carbons (Fsp3) is 0.375. The van der Waals surface area contributed by atoms with Gasteiger partial charge in [-0.15, -0.1) is 0 Å². The van der Waals surface area contributed by atoms with Gasteiger partial charge in [0.05, 0.1) is 7.11 Å². The Kier molecular flexibility index (Phi) is 5.05. The molecule has 2 rings (SSSR count). The Bertz CT molecular complexity index is 757. The molecule has 0 fully saturated rings. The number of alkyl halides is 3. The predicted octanol–water partition coefficient (Wildman–Crippen LogP) is 4.60. The fourth-order valence-electron chi connectivity index (χ4n) is 1.94. The van der Waals surface area contributed by atoms with Crippen molar-refractivity contribution >= 4 is 17.5 Å². The Labute approximate surface area is 142 Å². The molecule has 2 N–H and O–H groups in total. The second-order valence-corrected chi connectivity index (χ2v) is 6.31. The van der Waals surface area contributed by atoms with Crippen molar-refractivity contribution in [1.29, 1.82) is 0 Å². The van der Waals surface area contributed by atoms with Gasteiger partial charge in [-0.3, -0.25) is 0 Å². The van der Waals surface area contributed by atoms with Gasteiger partial charge in [-0.2, -0.15) is 18.2 Å². The molecule has 0 spiro atoms. The lowest BCUT2D eigenvalue weighted by Gasteiger charge is -2.21. The lowest BCUT2D eigenvalue weighted by atomic mass is 10.1. The van der Waals surface area contributed by atoms with Gasteiger partial charge in [0.15, 0.2) is 17.3 Å². The van der Waals surface area contributed by atoms with Gasteiger partial charge in [-0.05, 0) is 32.9 Å². The van der Waals surface area contributed by atoms with Crippen LogP contribution in [0.15, 0.2) is 24.3 Å². The van der Waals surface area contributed by atoms with Gasteiger partial charge in [-0.25, -0.2) is 9.37 Å². The molecule has 0 aliphatic carbocycles. The van der Waals surface area contributed by atoms with Crippen molar-refractivity contribution in [1.82, 2.24) is 9.97 Å². The Hall–Kier alpha value is -2.58. The van der Waals surface area contributed by atoms with E-state index in [-0.39, 0.29) is 23.2 Å². The molecule has 1 aromatic carbocycles. The first-order chi connectivity index (χ1) is 11.5. The van der Waals surface area contributed by atoms with E-state index in [0.717, 1.165) is 12.1 Å². The van der Waals surface area contributed by atoms with Crippen LogP contribution < -0.4 is 15.4 Å². The number of rotatable bonds is 4. The number of nitrogens with one attached hydrogen (secondary N) is 2. The molecule has 0 aliphatic rings. The Morgan fingerprint density at radius 1 is 1.04 bits per heavy atom. The van der Waals surface area contributed by atoms with Crippen molar-refractivity contribution in [2.24, 2.45) is 0 Å². The summed E-state index contributed by atoms with van der Waals surface area (Å²) in [7, 11) is 1.32. The third kappa shape index (κ3) is 5.20. The number of ether oxygens (including phenoxy) is 1. The average Bonchev–Trinajstić information content (AvgIpc) is 2.44. The van der Waals surface area contributed by atoms with Crippen molar-refractivity contribution in [3.05, 3.63) is 35.8 Å². The maximum absolute atomic E-state index is 13.7. The molecule has 0 unspecified atom stereocenters. The first kappa shape index (κ1) is 18.8. The summed E-state index contributed by atoms with van der Waals surface area (Å²) in [6.45, 7) is 5.30. The van der Waals surface area contributed by atoms with Gasteiger partial charge >= 0.3 is 6.18 Å². The van der Waals surface area contributed by atoms with Crippen LogP contribution in [0.1, 0.15) is 26.5 Å². The summed E-state index contributed by atoms with van der Waals surface area (Å²) in [6, 6.07) is 4.69. The first-order valence-corrected chi connectivity index (χ1v) is 7.33. The standard InChI is InChI=1S/C16H18F4N4O/c1-15(2,3)24-14-22-12(16(18,19)20)8-13(23-14)21-9-5-6-11(25-4)10(17)7-9/h5-8H,1-4H3,(H2,21,22,23,24). The van der Waals surface area contributed by atoms with E-state index >= 15 is 0 Å². The number of aromatic nitrogens is 2. The third-order valence-electron chi connectivity index (χ3n) is 2.93. The van der Waals surface area contributed by atoms with E-state index in [9.17, 15) is 17.6 Å². The minimum atomic E-state index is -4.64. The number of anilines is 3. The molecule has 0 atom stereocenters. The average molecular weight is 358 g/mol. The van der Waals surface area contributed by atoms with Crippen LogP contribution in [0.5, 0.6) is 5.75 Å². The van der Waals surface area contributed by atoms with Gasteiger partial charge in [-0.1, -0.05) is 0 Å². The summed E-state index contributed by atoms with van der Waals surface area (Å²) in [4.78, 5) is 7.51. The number of hydrogen-bond acceptors (Lipinski definition) is 5. The maximum Gasteiger partial charge on any atom is 0.433 e. The van der Waals surface area contributed by atoms with Gasteiger partial charge in [0.2, 0.25) is 5.95 Å². The quantitative estimate of drug-likeness (QED) is 0.783. The molecule has 136 valence electrons. The van der Waals surface area contributed by atoms with Crippen LogP contribution in [0.3, 0.4) is 0 Å². The Balaban J connectivity index is 2.39. The topological polar surface area (TPSA) is 59.1 Å². The second kappa shape index (κ2) is 6.73. The van der Waals surface area contributed by atoms with Crippen LogP contribution in [-0.2, 0) is 6.18 Å². The molecule has 5 nitrogen and oxygen atoms in total. The van der Waals surface area contributed by atoms with Crippen LogP contribution in [0, 0.1) is 5.82 Å². The summed E-state index contributed by atoms with van der Waals surface area (Å²) in [5.74, 6) is -0.914. The van der Waals surface area contributed by atoms with E-state index in [0.29, 0.717) is 0 Å². The molecule has 0 bridgehead atoms. The Morgan fingerprint density at radius 3 is 2.24 bits per heavy atom. The maximum atomic E-state index is 13.7. The van der Waals surface area contributed by atoms with Gasteiger partial charge in [0.1, 0.15) is 5.82 Å². The molecular weight excluding hydrogens is 340 g/mol. The summed E-state index contributed by atoms with van der Waals surface area (Å²) >= 11 is 0. The van der Waals surface area contributed by atoms with E-state index < -0.39 is 23.2 Å². The molecular formula is C16H18F4N4O. The molecule has 2 aromatic rings. The van der Waals surface area contributed by atoms with E-state index in [1.807, 2.05) is 0 Å². The molecule has 0 amide bonds. The van der Waals surface area contributed by atoms with Crippen LogP contribution in [0.25, 0.3) is 0 Å². The summed E-state index contributed by atoms with van der Waals surface area (Å²) in [5, 5.41) is 5.44. The molecule has 1 aromatic heterocycles.